The van der Waals surface area contributed by atoms with Gasteiger partial charge in [-0.15, -0.1) is 0 Å². The van der Waals surface area contributed by atoms with Gasteiger partial charge in [0, 0.05) is 12.9 Å². The monoisotopic (exact) mass is 295 g/mol. The van der Waals surface area contributed by atoms with Crippen LogP contribution in [0.25, 0.3) is 0 Å². The molecule has 0 N–H and O–H groups in total. The zero-order valence-corrected chi connectivity index (χ0v) is 14.2. The Morgan fingerprint density at radius 2 is 1.80 bits per heavy atom. The minimum Gasteiger partial charge on any atom is -0.384 e. The molecule has 2 rings (SSSR count). The van der Waals surface area contributed by atoms with Gasteiger partial charge in [-0.1, -0.05) is 29.8 Å². The molecule has 3 heteroatoms. The minimum absolute atomic E-state index is 0.798. The lowest BCUT2D eigenvalue weighted by Crippen LogP contribution is -2.29. The second-order valence-electron chi connectivity index (χ2n) is 5.47. The van der Waals surface area contributed by atoms with Crippen LogP contribution < -0.4 is 0 Å². The van der Waals surface area contributed by atoms with Gasteiger partial charge in [0.1, 0.15) is 0 Å². The maximum atomic E-state index is 4.76. The molecular weight excluding hydrogens is 266 g/mol. The van der Waals surface area contributed by atoms with E-state index in [-0.39, 0.29) is 0 Å². The van der Waals surface area contributed by atoms with Crippen molar-refractivity contribution in [2.75, 3.05) is 45.9 Å². The minimum atomic E-state index is 0.798. The first-order valence-electron chi connectivity index (χ1n) is 7.40. The van der Waals surface area contributed by atoms with Crippen LogP contribution in [0.3, 0.4) is 0 Å². The molecule has 0 aliphatic carbocycles. The zero-order chi connectivity index (χ0) is 14.8. The highest BCUT2D eigenvalue weighted by Crippen LogP contribution is 2.27. The molecule has 0 radical (unpaired) electrons. The zero-order valence-electron chi connectivity index (χ0n) is 13.4. The predicted octanol–water partition coefficient (Wildman–Crippen LogP) is 3.80. The highest BCUT2D eigenvalue weighted by atomic mass is 32.2. The maximum Gasteiger partial charge on any atom is 0.0552 e. The van der Waals surface area contributed by atoms with E-state index in [1.54, 1.807) is 18.9 Å². The van der Waals surface area contributed by atoms with Gasteiger partial charge in [0.15, 0.2) is 0 Å². The Bertz CT molecular complexity index is 341. The van der Waals surface area contributed by atoms with Crippen LogP contribution in [0.1, 0.15) is 29.9 Å². The van der Waals surface area contributed by atoms with Crippen molar-refractivity contribution in [3.05, 3.63) is 35.4 Å². The molecule has 20 heavy (non-hydrogen) atoms. The number of ether oxygens (including phenoxy) is 1. The molecule has 1 aromatic carbocycles. The lowest BCUT2D eigenvalue weighted by molar-refractivity contribution is 0.219. The van der Waals surface area contributed by atoms with Crippen molar-refractivity contribution >= 4 is 11.8 Å². The summed E-state index contributed by atoms with van der Waals surface area (Å²) in [5.41, 5.74) is 2.89. The third kappa shape index (κ3) is 6.78. The average Bonchev–Trinajstić information content (AvgIpc) is 2.47. The fourth-order valence-electron chi connectivity index (χ4n) is 2.35. The van der Waals surface area contributed by atoms with Crippen LogP contribution in [0.5, 0.6) is 0 Å². The van der Waals surface area contributed by atoms with E-state index in [1.807, 2.05) is 0 Å². The van der Waals surface area contributed by atoms with Crippen molar-refractivity contribution in [2.45, 2.75) is 25.7 Å². The molecule has 1 aliphatic rings. The molecule has 2 nitrogen and oxygen atoms in total. The largest absolute Gasteiger partial charge is 0.384 e. The first kappa shape index (κ1) is 17.5. The Balaban J connectivity index is 0.000000286. The Hall–Kier alpha value is -0.510. The number of likely N-dealkylation sites (tertiary alicyclic amines) is 1. The van der Waals surface area contributed by atoms with Crippen molar-refractivity contribution in [2.24, 2.45) is 0 Å². The number of hydrogen-bond donors (Lipinski definition) is 0. The number of piperidine rings is 1. The molecule has 1 aromatic rings. The third-order valence-electron chi connectivity index (χ3n) is 3.76. The predicted molar refractivity (Wildman–Crippen MR) is 90.9 cm³/mol. The van der Waals surface area contributed by atoms with Gasteiger partial charge in [-0.2, -0.15) is 11.8 Å². The second-order valence-corrected chi connectivity index (χ2v) is 6.46. The molecule has 0 saturated carbocycles. The number of rotatable bonds is 4. The van der Waals surface area contributed by atoms with Gasteiger partial charge in [0.05, 0.1) is 6.61 Å². The van der Waals surface area contributed by atoms with Gasteiger partial charge in [-0.05, 0) is 57.6 Å². The van der Waals surface area contributed by atoms with Gasteiger partial charge in [0.2, 0.25) is 0 Å². The van der Waals surface area contributed by atoms with Gasteiger partial charge in [0.25, 0.3) is 0 Å². The van der Waals surface area contributed by atoms with Crippen LogP contribution in [0, 0.1) is 6.92 Å². The number of nitrogens with zero attached hydrogens (tertiary/aromatic N) is 1. The maximum absolute atomic E-state index is 4.76. The van der Waals surface area contributed by atoms with E-state index in [2.05, 4.69) is 49.4 Å². The van der Waals surface area contributed by atoms with Gasteiger partial charge in [-0.25, -0.2) is 0 Å². The first-order valence-corrected chi connectivity index (χ1v) is 8.79. The number of thioether (sulfide) groups is 1. The SMILES string of the molecule is COCCSC.Cc1ccc(C2CCN(C)CC2)cc1. The summed E-state index contributed by atoms with van der Waals surface area (Å²) in [4.78, 5) is 2.42. The normalized spacial score (nSPS) is 16.6. The average molecular weight is 295 g/mol. The molecule has 1 fully saturated rings. The number of aryl methyl sites for hydroxylation is 1. The van der Waals surface area contributed by atoms with Crippen molar-refractivity contribution in [1.82, 2.24) is 4.90 Å². The molecule has 1 heterocycles. The number of benzene rings is 1. The fraction of sp³-hybridized carbons (Fsp3) is 0.647. The highest BCUT2D eigenvalue weighted by Gasteiger charge is 2.17. The topological polar surface area (TPSA) is 12.5 Å². The summed E-state index contributed by atoms with van der Waals surface area (Å²) in [6.45, 7) is 5.52. The summed E-state index contributed by atoms with van der Waals surface area (Å²) in [5, 5.41) is 0. The van der Waals surface area contributed by atoms with Crippen molar-refractivity contribution in [3.8, 4) is 0 Å². The van der Waals surface area contributed by atoms with E-state index < -0.39 is 0 Å². The van der Waals surface area contributed by atoms with E-state index in [0.717, 1.165) is 18.3 Å². The van der Waals surface area contributed by atoms with Gasteiger partial charge in [-0.3, -0.25) is 0 Å². The van der Waals surface area contributed by atoms with Crippen LogP contribution in [0.2, 0.25) is 0 Å². The molecule has 114 valence electrons. The summed E-state index contributed by atoms with van der Waals surface area (Å²) in [6.07, 6.45) is 4.71. The molecule has 0 atom stereocenters. The summed E-state index contributed by atoms with van der Waals surface area (Å²) < 4.78 is 4.76. The lowest BCUT2D eigenvalue weighted by atomic mass is 9.89. The summed E-state index contributed by atoms with van der Waals surface area (Å²) >= 11 is 1.80. The molecule has 0 aromatic heterocycles. The summed E-state index contributed by atoms with van der Waals surface area (Å²) in [5.74, 6) is 1.91. The molecule has 0 amide bonds. The van der Waals surface area contributed by atoms with Gasteiger partial charge >= 0.3 is 0 Å². The lowest BCUT2D eigenvalue weighted by Gasteiger charge is -2.29. The molecule has 1 aliphatic heterocycles. The van der Waals surface area contributed by atoms with Crippen LogP contribution in [0.15, 0.2) is 24.3 Å². The van der Waals surface area contributed by atoms with Crippen LogP contribution >= 0.6 is 11.8 Å². The second kappa shape index (κ2) is 10.3. The summed E-state index contributed by atoms with van der Waals surface area (Å²) in [7, 11) is 3.93. The number of hydrogen-bond acceptors (Lipinski definition) is 3. The number of methoxy groups -OCH3 is 1. The molecule has 0 unspecified atom stereocenters. The Kier molecular flexibility index (Phi) is 8.99. The van der Waals surface area contributed by atoms with Gasteiger partial charge < -0.3 is 9.64 Å². The molecular formula is C17H29NOS. The van der Waals surface area contributed by atoms with Crippen molar-refractivity contribution in [3.63, 3.8) is 0 Å². The van der Waals surface area contributed by atoms with E-state index in [4.69, 9.17) is 4.74 Å². The standard InChI is InChI=1S/C13H19N.C4H10OS/c1-11-3-5-12(6-4-11)13-7-9-14(2)10-8-13;1-5-3-4-6-2/h3-6,13H,7-10H2,1-2H3;3-4H2,1-2H3. The van der Waals surface area contributed by atoms with Crippen molar-refractivity contribution < 1.29 is 4.74 Å². The van der Waals surface area contributed by atoms with Crippen LogP contribution in [0.4, 0.5) is 0 Å². The van der Waals surface area contributed by atoms with Crippen LogP contribution in [-0.4, -0.2) is 50.8 Å². The third-order valence-corrected chi connectivity index (χ3v) is 4.33. The summed E-state index contributed by atoms with van der Waals surface area (Å²) in [6, 6.07) is 9.05. The molecule has 0 spiro atoms. The first-order chi connectivity index (χ1) is 9.67. The van der Waals surface area contributed by atoms with E-state index in [1.165, 1.54) is 37.1 Å². The molecule has 0 bridgehead atoms. The van der Waals surface area contributed by atoms with E-state index in [9.17, 15) is 0 Å². The Morgan fingerprint density at radius 1 is 1.20 bits per heavy atom. The van der Waals surface area contributed by atoms with E-state index in [0.29, 0.717) is 0 Å². The quantitative estimate of drug-likeness (QED) is 0.784. The van der Waals surface area contributed by atoms with Crippen LogP contribution in [-0.2, 0) is 4.74 Å². The Morgan fingerprint density at radius 3 is 2.25 bits per heavy atom. The van der Waals surface area contributed by atoms with Crippen molar-refractivity contribution in [1.29, 1.82) is 0 Å². The highest BCUT2D eigenvalue weighted by molar-refractivity contribution is 7.98. The Labute approximate surface area is 128 Å². The molecule has 1 saturated heterocycles. The smallest absolute Gasteiger partial charge is 0.0552 e. The fourth-order valence-corrected chi connectivity index (χ4v) is 2.68. The van der Waals surface area contributed by atoms with E-state index >= 15 is 0 Å².